The van der Waals surface area contributed by atoms with Crippen LogP contribution in [0.25, 0.3) is 0 Å². The summed E-state index contributed by atoms with van der Waals surface area (Å²) in [6.07, 6.45) is -4.54. The van der Waals surface area contributed by atoms with E-state index in [0.29, 0.717) is 23.6 Å². The molecule has 4 rings (SSSR count). The third-order valence-electron chi connectivity index (χ3n) is 5.42. The van der Waals surface area contributed by atoms with Crippen molar-refractivity contribution in [3.05, 3.63) is 107 Å². The zero-order chi connectivity index (χ0) is 25.0. The predicted octanol–water partition coefficient (Wildman–Crippen LogP) is 5.55. The van der Waals surface area contributed by atoms with E-state index in [1.807, 2.05) is 30.3 Å². The number of rotatable bonds is 6. The summed E-state index contributed by atoms with van der Waals surface area (Å²) in [5, 5.41) is 7.75. The molecule has 0 saturated carbocycles. The van der Waals surface area contributed by atoms with E-state index in [2.05, 4.69) is 16.0 Å². The lowest BCUT2D eigenvalue weighted by Gasteiger charge is -2.28. The predicted molar refractivity (Wildman–Crippen MR) is 124 cm³/mol. The standard InChI is InChI=1S/C26H22F3N3O3/c1-16-22(24(33)31-20-9-5-8-19(14-20)26(27,28)29)23(32-25(34)30-16)18-10-12-21(13-11-18)35-15-17-6-3-2-4-7-17/h2-14,23H,15H2,1H3,(H,31,33)(H2,30,32,34)/t23-/m1/s1. The summed E-state index contributed by atoms with van der Waals surface area (Å²) < 4.78 is 44.9. The Bertz CT molecular complexity index is 1260. The van der Waals surface area contributed by atoms with E-state index in [0.717, 1.165) is 17.7 Å². The highest BCUT2D eigenvalue weighted by atomic mass is 19.4. The van der Waals surface area contributed by atoms with Crippen molar-refractivity contribution in [3.8, 4) is 5.75 Å². The lowest BCUT2D eigenvalue weighted by molar-refractivity contribution is -0.137. The zero-order valence-electron chi connectivity index (χ0n) is 18.6. The van der Waals surface area contributed by atoms with Crippen LogP contribution in [0.5, 0.6) is 5.75 Å². The second kappa shape index (κ2) is 9.92. The Morgan fingerprint density at radius 3 is 2.40 bits per heavy atom. The van der Waals surface area contributed by atoms with E-state index >= 15 is 0 Å². The Morgan fingerprint density at radius 2 is 1.71 bits per heavy atom. The van der Waals surface area contributed by atoms with Crippen LogP contribution >= 0.6 is 0 Å². The van der Waals surface area contributed by atoms with E-state index in [4.69, 9.17) is 4.74 Å². The Morgan fingerprint density at radius 1 is 1.00 bits per heavy atom. The normalized spacial score (nSPS) is 15.8. The molecule has 3 aromatic carbocycles. The maximum Gasteiger partial charge on any atom is 0.416 e. The number of allylic oxidation sites excluding steroid dienone is 1. The first-order chi connectivity index (χ1) is 16.7. The van der Waals surface area contributed by atoms with Crippen LogP contribution in [0.1, 0.15) is 29.7 Å². The van der Waals surface area contributed by atoms with Gasteiger partial charge in [0.25, 0.3) is 5.91 Å². The fourth-order valence-corrected chi connectivity index (χ4v) is 3.71. The van der Waals surface area contributed by atoms with Gasteiger partial charge in [0.1, 0.15) is 12.4 Å². The molecule has 3 N–H and O–H groups in total. The molecule has 0 aromatic heterocycles. The number of benzene rings is 3. The Balaban J connectivity index is 1.53. The molecule has 9 heteroatoms. The van der Waals surface area contributed by atoms with Gasteiger partial charge in [0, 0.05) is 11.4 Å². The molecule has 0 bridgehead atoms. The van der Waals surface area contributed by atoms with Crippen molar-refractivity contribution >= 4 is 17.6 Å². The number of carbonyl (C=O) groups excluding carboxylic acids is 2. The summed E-state index contributed by atoms with van der Waals surface area (Å²) >= 11 is 0. The maximum absolute atomic E-state index is 13.1. The van der Waals surface area contributed by atoms with Crippen LogP contribution in [0.4, 0.5) is 23.7 Å². The number of amides is 3. The smallest absolute Gasteiger partial charge is 0.416 e. The van der Waals surface area contributed by atoms with Crippen molar-refractivity contribution in [1.82, 2.24) is 10.6 Å². The highest BCUT2D eigenvalue weighted by Gasteiger charge is 2.33. The third kappa shape index (κ3) is 5.81. The number of halogens is 3. The van der Waals surface area contributed by atoms with Crippen molar-refractivity contribution in [3.63, 3.8) is 0 Å². The molecule has 6 nitrogen and oxygen atoms in total. The molecule has 0 spiro atoms. The summed E-state index contributed by atoms with van der Waals surface area (Å²) in [7, 11) is 0. The minimum atomic E-state index is -4.54. The first-order valence-electron chi connectivity index (χ1n) is 10.7. The van der Waals surface area contributed by atoms with Gasteiger partial charge in [0.2, 0.25) is 0 Å². The van der Waals surface area contributed by atoms with Gasteiger partial charge in [-0.2, -0.15) is 13.2 Å². The number of anilines is 1. The van der Waals surface area contributed by atoms with E-state index in [1.165, 1.54) is 12.1 Å². The monoisotopic (exact) mass is 481 g/mol. The molecule has 0 aliphatic carbocycles. The summed E-state index contributed by atoms with van der Waals surface area (Å²) in [5.74, 6) is -0.0303. The zero-order valence-corrected chi connectivity index (χ0v) is 18.6. The second-order valence-corrected chi connectivity index (χ2v) is 7.95. The van der Waals surface area contributed by atoms with Gasteiger partial charge in [-0.05, 0) is 48.4 Å². The molecule has 1 atom stereocenters. The van der Waals surface area contributed by atoms with Gasteiger partial charge in [0.15, 0.2) is 0 Å². The van der Waals surface area contributed by atoms with Crippen LogP contribution in [-0.4, -0.2) is 11.9 Å². The number of carbonyl (C=O) groups is 2. The molecular formula is C26H22F3N3O3. The third-order valence-corrected chi connectivity index (χ3v) is 5.42. The first kappa shape index (κ1) is 23.9. The van der Waals surface area contributed by atoms with Crippen molar-refractivity contribution in [2.24, 2.45) is 0 Å². The van der Waals surface area contributed by atoms with Crippen LogP contribution in [0.3, 0.4) is 0 Å². The number of hydrogen-bond acceptors (Lipinski definition) is 3. The van der Waals surface area contributed by atoms with Crippen LogP contribution < -0.4 is 20.7 Å². The quantitative estimate of drug-likeness (QED) is 0.432. The molecule has 3 aromatic rings. The number of hydrogen-bond donors (Lipinski definition) is 3. The molecule has 0 fully saturated rings. The lowest BCUT2D eigenvalue weighted by atomic mass is 9.94. The van der Waals surface area contributed by atoms with Crippen LogP contribution in [0, 0.1) is 0 Å². The molecule has 180 valence electrons. The average Bonchev–Trinajstić information content (AvgIpc) is 2.83. The summed E-state index contributed by atoms with van der Waals surface area (Å²) in [6.45, 7) is 1.94. The molecule has 1 heterocycles. The SMILES string of the molecule is CC1=C(C(=O)Nc2cccc(C(F)(F)F)c2)[C@@H](c2ccc(OCc3ccccc3)cc2)NC(=O)N1. The Labute approximate surface area is 199 Å². The fourth-order valence-electron chi connectivity index (χ4n) is 3.71. The van der Waals surface area contributed by atoms with Gasteiger partial charge >= 0.3 is 12.2 Å². The van der Waals surface area contributed by atoms with Gasteiger partial charge in [-0.1, -0.05) is 48.5 Å². The van der Waals surface area contributed by atoms with Crippen molar-refractivity contribution in [2.75, 3.05) is 5.32 Å². The van der Waals surface area contributed by atoms with Gasteiger partial charge < -0.3 is 20.7 Å². The maximum atomic E-state index is 13.1. The number of alkyl halides is 3. The van der Waals surface area contributed by atoms with E-state index in [9.17, 15) is 22.8 Å². The fraction of sp³-hybridized carbons (Fsp3) is 0.154. The van der Waals surface area contributed by atoms with Gasteiger partial charge in [-0.25, -0.2) is 4.79 Å². The molecular weight excluding hydrogens is 459 g/mol. The molecule has 35 heavy (non-hydrogen) atoms. The summed E-state index contributed by atoms with van der Waals surface area (Å²) in [6, 6.07) is 19.6. The minimum Gasteiger partial charge on any atom is -0.489 e. The molecule has 1 aliphatic heterocycles. The Kier molecular flexibility index (Phi) is 6.77. The van der Waals surface area contributed by atoms with Crippen molar-refractivity contribution in [1.29, 1.82) is 0 Å². The van der Waals surface area contributed by atoms with Gasteiger partial charge in [0.05, 0.1) is 17.2 Å². The lowest BCUT2D eigenvalue weighted by Crippen LogP contribution is -2.45. The number of urea groups is 1. The number of nitrogens with one attached hydrogen (secondary N) is 3. The first-order valence-corrected chi connectivity index (χ1v) is 10.7. The van der Waals surface area contributed by atoms with E-state index in [-0.39, 0.29) is 11.3 Å². The largest absolute Gasteiger partial charge is 0.489 e. The van der Waals surface area contributed by atoms with Crippen LogP contribution in [0.2, 0.25) is 0 Å². The average molecular weight is 481 g/mol. The van der Waals surface area contributed by atoms with E-state index < -0.39 is 29.7 Å². The second-order valence-electron chi connectivity index (χ2n) is 7.95. The minimum absolute atomic E-state index is 0.00886. The molecule has 1 aliphatic rings. The molecule has 0 saturated heterocycles. The Hall–Kier alpha value is -4.27. The van der Waals surface area contributed by atoms with Crippen LogP contribution in [0.15, 0.2) is 90.1 Å². The number of ether oxygens (including phenoxy) is 1. The summed E-state index contributed by atoms with van der Waals surface area (Å²) in [5.41, 5.74) is 1.21. The van der Waals surface area contributed by atoms with Gasteiger partial charge in [-0.3, -0.25) is 4.79 Å². The topological polar surface area (TPSA) is 79.5 Å². The highest BCUT2D eigenvalue weighted by Crippen LogP contribution is 2.32. The summed E-state index contributed by atoms with van der Waals surface area (Å²) in [4.78, 5) is 25.2. The van der Waals surface area contributed by atoms with Crippen LogP contribution in [-0.2, 0) is 17.6 Å². The van der Waals surface area contributed by atoms with Gasteiger partial charge in [-0.15, -0.1) is 0 Å². The van der Waals surface area contributed by atoms with E-state index in [1.54, 1.807) is 31.2 Å². The van der Waals surface area contributed by atoms with Crippen molar-refractivity contribution < 1.29 is 27.5 Å². The highest BCUT2D eigenvalue weighted by molar-refractivity contribution is 6.06. The molecule has 3 amide bonds. The molecule has 0 unspecified atom stereocenters. The molecule has 0 radical (unpaired) electrons. The van der Waals surface area contributed by atoms with Crippen molar-refractivity contribution in [2.45, 2.75) is 25.7 Å².